The molecule has 2 rings (SSSR count). The molecule has 1 aromatic carbocycles. The van der Waals surface area contributed by atoms with E-state index >= 15 is 0 Å². The highest BCUT2D eigenvalue weighted by molar-refractivity contribution is 9.10. The van der Waals surface area contributed by atoms with Crippen molar-refractivity contribution in [2.75, 3.05) is 6.61 Å². The van der Waals surface area contributed by atoms with Gasteiger partial charge in [-0.05, 0) is 64.2 Å². The molecule has 0 fully saturated rings. The average Bonchev–Trinajstić information content (AvgIpc) is 2.44. The minimum Gasteiger partial charge on any atom is -0.396 e. The molecule has 0 saturated carbocycles. The van der Waals surface area contributed by atoms with Crippen LogP contribution < -0.4 is 0 Å². The smallest absolute Gasteiger partial charge is 0.123 e. The second-order valence-electron chi connectivity index (χ2n) is 4.46. The number of hydrogen-bond donors (Lipinski definition) is 2. The van der Waals surface area contributed by atoms with E-state index in [9.17, 15) is 9.50 Å². The second-order valence-corrected chi connectivity index (χ2v) is 5.27. The molecular weight excluding hydrogens is 325 g/mol. The number of hydrogen-bond acceptors (Lipinski definition) is 3. The molecule has 0 radical (unpaired) electrons. The molecule has 106 valence electrons. The zero-order valence-corrected chi connectivity index (χ0v) is 12.3. The Bertz CT molecular complexity index is 592. The first-order valence-electron chi connectivity index (χ1n) is 6.31. The number of nitrogens with zero attached hydrogens (tertiary/aromatic N) is 1. The summed E-state index contributed by atoms with van der Waals surface area (Å²) < 4.78 is 14.0. The fraction of sp³-hybridized carbons (Fsp3) is 0.267. The van der Waals surface area contributed by atoms with E-state index in [0.29, 0.717) is 34.3 Å². The number of benzene rings is 1. The lowest BCUT2D eigenvalue weighted by Gasteiger charge is -2.15. The van der Waals surface area contributed by atoms with Crippen LogP contribution in [0, 0.1) is 5.82 Å². The topological polar surface area (TPSA) is 53.4 Å². The maximum Gasteiger partial charge on any atom is 0.123 e. The highest BCUT2D eigenvalue weighted by Gasteiger charge is 2.16. The molecule has 0 bridgehead atoms. The third-order valence-electron chi connectivity index (χ3n) is 3.02. The van der Waals surface area contributed by atoms with E-state index in [2.05, 4.69) is 20.9 Å². The van der Waals surface area contributed by atoms with Crippen LogP contribution in [0.4, 0.5) is 4.39 Å². The van der Waals surface area contributed by atoms with E-state index in [-0.39, 0.29) is 12.4 Å². The summed E-state index contributed by atoms with van der Waals surface area (Å²) in [6.07, 6.45) is 0.116. The van der Waals surface area contributed by atoms with Gasteiger partial charge in [0.1, 0.15) is 16.5 Å². The normalized spacial score (nSPS) is 12.4. The minimum absolute atomic E-state index is 0.0290. The summed E-state index contributed by atoms with van der Waals surface area (Å²) in [5.41, 5.74) is 1.80. The van der Waals surface area contributed by atoms with Crippen LogP contribution in [-0.2, 0) is 6.42 Å². The van der Waals surface area contributed by atoms with Gasteiger partial charge in [0.05, 0.1) is 5.69 Å². The van der Waals surface area contributed by atoms with Crippen LogP contribution in [0.15, 0.2) is 41.0 Å². The average molecular weight is 340 g/mol. The Morgan fingerprint density at radius 1 is 1.25 bits per heavy atom. The van der Waals surface area contributed by atoms with Crippen LogP contribution in [0.5, 0.6) is 0 Å². The zero-order valence-electron chi connectivity index (χ0n) is 10.8. The lowest BCUT2D eigenvalue weighted by molar-refractivity contribution is 0.213. The van der Waals surface area contributed by atoms with Gasteiger partial charge in [0.25, 0.3) is 0 Å². The Morgan fingerprint density at radius 2 is 2.05 bits per heavy atom. The molecule has 0 spiro atoms. The number of aliphatic hydroxyl groups is 2. The lowest BCUT2D eigenvalue weighted by atomic mass is 9.96. The summed E-state index contributed by atoms with van der Waals surface area (Å²) in [5, 5.41) is 19.3. The summed E-state index contributed by atoms with van der Waals surface area (Å²) in [7, 11) is 0. The molecule has 0 aliphatic heterocycles. The van der Waals surface area contributed by atoms with Gasteiger partial charge in [0.2, 0.25) is 0 Å². The Labute approximate surface area is 125 Å². The van der Waals surface area contributed by atoms with Crippen molar-refractivity contribution in [3.8, 4) is 0 Å². The van der Waals surface area contributed by atoms with E-state index in [1.165, 1.54) is 12.1 Å². The van der Waals surface area contributed by atoms with Gasteiger partial charge in [-0.1, -0.05) is 12.1 Å². The van der Waals surface area contributed by atoms with Gasteiger partial charge in [-0.15, -0.1) is 0 Å². The Kier molecular flexibility index (Phi) is 5.23. The lowest BCUT2D eigenvalue weighted by Crippen LogP contribution is -2.07. The number of aliphatic hydroxyl groups excluding tert-OH is 2. The monoisotopic (exact) mass is 339 g/mol. The first-order valence-corrected chi connectivity index (χ1v) is 7.11. The number of aryl methyl sites for hydroxylation is 1. The summed E-state index contributed by atoms with van der Waals surface area (Å²) in [6.45, 7) is 0.0290. The van der Waals surface area contributed by atoms with Gasteiger partial charge < -0.3 is 10.2 Å². The van der Waals surface area contributed by atoms with Crippen molar-refractivity contribution in [3.63, 3.8) is 0 Å². The molecular formula is C15H15BrFNO2. The summed E-state index contributed by atoms with van der Waals surface area (Å²) in [6, 6.07) is 9.55. The molecule has 0 saturated heterocycles. The van der Waals surface area contributed by atoms with Crippen molar-refractivity contribution in [2.24, 2.45) is 0 Å². The fourth-order valence-corrected chi connectivity index (χ4v) is 2.42. The predicted molar refractivity (Wildman–Crippen MR) is 77.8 cm³/mol. The molecule has 1 atom stereocenters. The van der Waals surface area contributed by atoms with Gasteiger partial charge in [-0.25, -0.2) is 9.37 Å². The van der Waals surface area contributed by atoms with E-state index in [1.54, 1.807) is 24.3 Å². The maximum absolute atomic E-state index is 13.3. The Hall–Kier alpha value is -1.30. The molecule has 3 nitrogen and oxygen atoms in total. The quantitative estimate of drug-likeness (QED) is 0.823. The maximum atomic E-state index is 13.3. The predicted octanol–water partition coefficient (Wildman–Crippen LogP) is 2.99. The highest BCUT2D eigenvalue weighted by Crippen LogP contribution is 2.26. The van der Waals surface area contributed by atoms with Crippen LogP contribution in [-0.4, -0.2) is 21.8 Å². The van der Waals surface area contributed by atoms with Gasteiger partial charge in [-0.3, -0.25) is 0 Å². The van der Waals surface area contributed by atoms with Gasteiger partial charge in [0, 0.05) is 6.61 Å². The number of rotatable bonds is 5. The molecule has 1 unspecified atom stereocenters. The van der Waals surface area contributed by atoms with Crippen molar-refractivity contribution < 1.29 is 14.6 Å². The number of pyridine rings is 1. The Balaban J connectivity index is 2.35. The van der Waals surface area contributed by atoms with E-state index < -0.39 is 6.10 Å². The molecule has 0 aliphatic carbocycles. The van der Waals surface area contributed by atoms with Gasteiger partial charge in [-0.2, -0.15) is 0 Å². The van der Waals surface area contributed by atoms with Crippen molar-refractivity contribution in [2.45, 2.75) is 18.9 Å². The minimum atomic E-state index is -0.915. The van der Waals surface area contributed by atoms with E-state index in [1.807, 2.05) is 0 Å². The van der Waals surface area contributed by atoms with Gasteiger partial charge >= 0.3 is 0 Å². The molecule has 0 aliphatic rings. The molecule has 0 amide bonds. The van der Waals surface area contributed by atoms with Crippen LogP contribution in [0.25, 0.3) is 0 Å². The van der Waals surface area contributed by atoms with Crippen molar-refractivity contribution in [3.05, 3.63) is 63.6 Å². The van der Waals surface area contributed by atoms with Crippen molar-refractivity contribution in [1.29, 1.82) is 0 Å². The first kappa shape index (κ1) is 15.1. The standard InChI is InChI=1S/C15H15BrFNO2/c16-14-5-1-4-13(18-14)15(20)12-7-6-11(17)9-10(12)3-2-8-19/h1,4-7,9,15,19-20H,2-3,8H2. The van der Waals surface area contributed by atoms with Crippen molar-refractivity contribution in [1.82, 2.24) is 4.98 Å². The van der Waals surface area contributed by atoms with E-state index in [0.717, 1.165) is 0 Å². The van der Waals surface area contributed by atoms with E-state index in [4.69, 9.17) is 5.11 Å². The summed E-state index contributed by atoms with van der Waals surface area (Å²) in [5.74, 6) is -0.351. The first-order chi connectivity index (χ1) is 9.61. The molecule has 5 heteroatoms. The van der Waals surface area contributed by atoms with Crippen LogP contribution in [0.3, 0.4) is 0 Å². The molecule has 2 aromatic rings. The summed E-state index contributed by atoms with van der Waals surface area (Å²) >= 11 is 3.26. The molecule has 2 N–H and O–H groups in total. The van der Waals surface area contributed by atoms with Gasteiger partial charge in [0.15, 0.2) is 0 Å². The molecule has 20 heavy (non-hydrogen) atoms. The van der Waals surface area contributed by atoms with Crippen LogP contribution in [0.1, 0.15) is 29.3 Å². The van der Waals surface area contributed by atoms with Crippen LogP contribution in [0.2, 0.25) is 0 Å². The van der Waals surface area contributed by atoms with Crippen molar-refractivity contribution >= 4 is 15.9 Å². The molecule has 1 aromatic heterocycles. The fourth-order valence-electron chi connectivity index (χ4n) is 2.06. The summed E-state index contributed by atoms with van der Waals surface area (Å²) in [4.78, 5) is 4.22. The largest absolute Gasteiger partial charge is 0.396 e. The third-order valence-corrected chi connectivity index (χ3v) is 3.46. The zero-order chi connectivity index (χ0) is 14.5. The number of halogens is 2. The Morgan fingerprint density at radius 3 is 2.75 bits per heavy atom. The second kappa shape index (κ2) is 6.92. The molecule has 1 heterocycles. The number of aromatic nitrogens is 1. The highest BCUT2D eigenvalue weighted by atomic mass is 79.9. The SMILES string of the molecule is OCCCc1cc(F)ccc1C(O)c1cccc(Br)n1. The third kappa shape index (κ3) is 3.62. The van der Waals surface area contributed by atoms with Crippen LogP contribution >= 0.6 is 15.9 Å².